The predicted molar refractivity (Wildman–Crippen MR) is 60.8 cm³/mol. The number of rotatable bonds is 1. The molecule has 1 aromatic heterocycles. The number of carbonyl (C=O) groups excluding carboxylic acids is 1. The molecule has 1 heterocycles. The number of esters is 1. The van der Waals surface area contributed by atoms with Gasteiger partial charge < -0.3 is 4.74 Å². The van der Waals surface area contributed by atoms with Crippen molar-refractivity contribution in [2.45, 2.75) is 0 Å². The van der Waals surface area contributed by atoms with Crippen LogP contribution in [0, 0.1) is 0 Å². The van der Waals surface area contributed by atoms with Crippen LogP contribution in [0.15, 0.2) is 34.9 Å². The standard InChI is InChI=1S/C11H8BrNO2/c1-15-11(14)8-6-13-9-5-3-2-4-7(9)10(8)12/h2-6H,1H3. The summed E-state index contributed by atoms with van der Waals surface area (Å²) in [7, 11) is 1.35. The molecule has 0 unspecified atom stereocenters. The van der Waals surface area contributed by atoms with E-state index in [0.29, 0.717) is 5.56 Å². The molecule has 2 rings (SSSR count). The van der Waals surface area contributed by atoms with Crippen LogP contribution >= 0.6 is 15.9 Å². The van der Waals surface area contributed by atoms with Crippen molar-refractivity contribution in [2.75, 3.05) is 7.11 Å². The molecule has 0 saturated carbocycles. The number of methoxy groups -OCH3 is 1. The van der Waals surface area contributed by atoms with Crippen LogP contribution in [0.3, 0.4) is 0 Å². The number of hydrogen-bond acceptors (Lipinski definition) is 3. The monoisotopic (exact) mass is 265 g/mol. The molecule has 0 N–H and O–H groups in total. The SMILES string of the molecule is COC(=O)c1cnc2ccccc2c1Br. The van der Waals surface area contributed by atoms with Gasteiger partial charge in [0.15, 0.2) is 0 Å². The number of hydrogen-bond donors (Lipinski definition) is 0. The predicted octanol–water partition coefficient (Wildman–Crippen LogP) is 2.78. The maximum Gasteiger partial charge on any atom is 0.340 e. The van der Waals surface area contributed by atoms with Crippen LogP contribution in [0.5, 0.6) is 0 Å². The lowest BCUT2D eigenvalue weighted by atomic mass is 10.1. The number of halogens is 1. The van der Waals surface area contributed by atoms with E-state index in [-0.39, 0.29) is 5.97 Å². The molecule has 4 heteroatoms. The molecule has 0 saturated heterocycles. The van der Waals surface area contributed by atoms with E-state index < -0.39 is 0 Å². The van der Waals surface area contributed by atoms with Gasteiger partial charge in [0.1, 0.15) is 0 Å². The lowest BCUT2D eigenvalue weighted by Crippen LogP contribution is -2.03. The van der Waals surface area contributed by atoms with Crippen molar-refractivity contribution in [2.24, 2.45) is 0 Å². The average molecular weight is 266 g/mol. The lowest BCUT2D eigenvalue weighted by Gasteiger charge is -2.04. The van der Waals surface area contributed by atoms with E-state index in [1.54, 1.807) is 0 Å². The molecule has 0 aliphatic heterocycles. The summed E-state index contributed by atoms with van der Waals surface area (Å²) < 4.78 is 5.38. The second-order valence-corrected chi connectivity index (χ2v) is 3.79. The van der Waals surface area contributed by atoms with Crippen molar-refractivity contribution in [1.29, 1.82) is 0 Å². The van der Waals surface area contributed by atoms with Crippen molar-refractivity contribution in [3.8, 4) is 0 Å². The molecule has 0 amide bonds. The van der Waals surface area contributed by atoms with E-state index in [9.17, 15) is 4.79 Å². The van der Waals surface area contributed by atoms with E-state index in [1.807, 2.05) is 24.3 Å². The van der Waals surface area contributed by atoms with Crippen LogP contribution in [0.4, 0.5) is 0 Å². The zero-order valence-electron chi connectivity index (χ0n) is 8.03. The van der Waals surface area contributed by atoms with Crippen LogP contribution in [0.25, 0.3) is 10.9 Å². The molecular weight excluding hydrogens is 258 g/mol. The van der Waals surface area contributed by atoms with E-state index in [1.165, 1.54) is 13.3 Å². The third-order valence-electron chi connectivity index (χ3n) is 2.12. The summed E-state index contributed by atoms with van der Waals surface area (Å²) >= 11 is 3.38. The molecule has 0 bridgehead atoms. The minimum atomic E-state index is -0.389. The molecule has 15 heavy (non-hydrogen) atoms. The Morgan fingerprint density at radius 3 is 2.87 bits per heavy atom. The van der Waals surface area contributed by atoms with E-state index >= 15 is 0 Å². The Hall–Kier alpha value is -1.42. The molecule has 0 aliphatic rings. The highest BCUT2D eigenvalue weighted by Crippen LogP contribution is 2.26. The quantitative estimate of drug-likeness (QED) is 0.745. The van der Waals surface area contributed by atoms with Gasteiger partial charge in [-0.25, -0.2) is 4.79 Å². The van der Waals surface area contributed by atoms with Crippen molar-refractivity contribution in [1.82, 2.24) is 4.98 Å². The number of para-hydroxylation sites is 1. The summed E-state index contributed by atoms with van der Waals surface area (Å²) in [5.74, 6) is -0.389. The van der Waals surface area contributed by atoms with Gasteiger partial charge in [0.2, 0.25) is 0 Å². The Kier molecular flexibility index (Phi) is 2.68. The van der Waals surface area contributed by atoms with Crippen molar-refractivity contribution in [3.63, 3.8) is 0 Å². The van der Waals surface area contributed by atoms with Gasteiger partial charge in [-0.3, -0.25) is 4.98 Å². The fraction of sp³-hybridized carbons (Fsp3) is 0.0909. The van der Waals surface area contributed by atoms with Gasteiger partial charge in [-0.05, 0) is 22.0 Å². The number of pyridine rings is 1. The minimum Gasteiger partial charge on any atom is -0.465 e. The first kappa shape index (κ1) is 10.1. The fourth-order valence-corrected chi connectivity index (χ4v) is 1.96. The van der Waals surface area contributed by atoms with Gasteiger partial charge in [-0.15, -0.1) is 0 Å². The number of ether oxygens (including phenoxy) is 1. The summed E-state index contributed by atoms with van der Waals surface area (Å²) in [6, 6.07) is 7.59. The first-order valence-electron chi connectivity index (χ1n) is 4.35. The van der Waals surface area contributed by atoms with Gasteiger partial charge in [-0.1, -0.05) is 18.2 Å². The van der Waals surface area contributed by atoms with E-state index in [0.717, 1.165) is 15.4 Å². The highest BCUT2D eigenvalue weighted by atomic mass is 79.9. The summed E-state index contributed by atoms with van der Waals surface area (Å²) in [5.41, 5.74) is 1.29. The average Bonchev–Trinajstić information content (AvgIpc) is 2.29. The molecule has 3 nitrogen and oxygen atoms in total. The number of fused-ring (bicyclic) bond motifs is 1. The van der Waals surface area contributed by atoms with Gasteiger partial charge >= 0.3 is 5.97 Å². The van der Waals surface area contributed by atoms with Gasteiger partial charge in [0.05, 0.1) is 18.2 Å². The fourth-order valence-electron chi connectivity index (χ4n) is 1.36. The van der Waals surface area contributed by atoms with Crippen molar-refractivity contribution >= 4 is 32.8 Å². The Bertz CT molecular complexity index is 525. The normalized spacial score (nSPS) is 10.3. The molecule has 0 atom stereocenters. The maximum absolute atomic E-state index is 11.4. The third-order valence-corrected chi connectivity index (χ3v) is 2.97. The van der Waals surface area contributed by atoms with E-state index in [2.05, 4.69) is 25.7 Å². The number of carbonyl (C=O) groups is 1. The van der Waals surface area contributed by atoms with Crippen LogP contribution in [0.1, 0.15) is 10.4 Å². The molecule has 0 spiro atoms. The Balaban J connectivity index is 2.70. The highest BCUT2D eigenvalue weighted by Gasteiger charge is 2.13. The molecule has 76 valence electrons. The Morgan fingerprint density at radius 1 is 1.40 bits per heavy atom. The largest absolute Gasteiger partial charge is 0.465 e. The van der Waals surface area contributed by atoms with E-state index in [4.69, 9.17) is 0 Å². The molecule has 1 aromatic carbocycles. The zero-order valence-corrected chi connectivity index (χ0v) is 9.61. The Morgan fingerprint density at radius 2 is 2.13 bits per heavy atom. The van der Waals surface area contributed by atoms with Crippen LogP contribution < -0.4 is 0 Å². The second-order valence-electron chi connectivity index (χ2n) is 2.99. The topological polar surface area (TPSA) is 39.2 Å². The van der Waals surface area contributed by atoms with Gasteiger partial charge in [-0.2, -0.15) is 0 Å². The van der Waals surface area contributed by atoms with Crippen molar-refractivity contribution in [3.05, 3.63) is 40.5 Å². The summed E-state index contributed by atoms with van der Waals surface area (Å²) in [4.78, 5) is 15.6. The molecule has 2 aromatic rings. The second kappa shape index (κ2) is 3.98. The highest BCUT2D eigenvalue weighted by molar-refractivity contribution is 9.10. The molecule has 0 aliphatic carbocycles. The lowest BCUT2D eigenvalue weighted by molar-refractivity contribution is 0.0599. The summed E-state index contributed by atoms with van der Waals surface area (Å²) in [6.07, 6.45) is 1.51. The molecule has 0 fully saturated rings. The minimum absolute atomic E-state index is 0.389. The first-order chi connectivity index (χ1) is 7.24. The van der Waals surface area contributed by atoms with Crippen LogP contribution in [-0.2, 0) is 4.74 Å². The van der Waals surface area contributed by atoms with Gasteiger partial charge in [0, 0.05) is 16.1 Å². The third kappa shape index (κ3) is 1.72. The van der Waals surface area contributed by atoms with Crippen molar-refractivity contribution < 1.29 is 9.53 Å². The Labute approximate surface area is 95.2 Å². The van der Waals surface area contributed by atoms with Crippen LogP contribution in [-0.4, -0.2) is 18.1 Å². The maximum atomic E-state index is 11.4. The summed E-state index contributed by atoms with van der Waals surface area (Å²) in [5, 5.41) is 0.903. The number of nitrogens with zero attached hydrogens (tertiary/aromatic N) is 1. The first-order valence-corrected chi connectivity index (χ1v) is 5.15. The van der Waals surface area contributed by atoms with Gasteiger partial charge in [0.25, 0.3) is 0 Å². The summed E-state index contributed by atoms with van der Waals surface area (Å²) in [6.45, 7) is 0. The molecule has 0 radical (unpaired) electrons. The zero-order chi connectivity index (χ0) is 10.8. The number of aromatic nitrogens is 1. The smallest absolute Gasteiger partial charge is 0.340 e. The number of benzene rings is 1. The molecular formula is C11H8BrNO2. The van der Waals surface area contributed by atoms with Crippen LogP contribution in [0.2, 0.25) is 0 Å².